The van der Waals surface area contributed by atoms with Crippen LogP contribution in [0.3, 0.4) is 0 Å². The summed E-state index contributed by atoms with van der Waals surface area (Å²) in [5.41, 5.74) is 2.66. The van der Waals surface area contributed by atoms with Gasteiger partial charge in [0.05, 0.1) is 6.61 Å². The van der Waals surface area contributed by atoms with Crippen molar-refractivity contribution in [3.63, 3.8) is 0 Å². The van der Waals surface area contributed by atoms with Gasteiger partial charge in [0.15, 0.2) is 0 Å². The molecule has 3 heteroatoms. The minimum atomic E-state index is -0.859. The van der Waals surface area contributed by atoms with Gasteiger partial charge in [0.1, 0.15) is 0 Å². The van der Waals surface area contributed by atoms with Crippen molar-refractivity contribution < 1.29 is 4.84 Å². The summed E-state index contributed by atoms with van der Waals surface area (Å²) in [6.07, 6.45) is 0. The summed E-state index contributed by atoms with van der Waals surface area (Å²) in [4.78, 5) is 4.99. The van der Waals surface area contributed by atoms with E-state index in [0.717, 1.165) is 6.61 Å². The lowest BCUT2D eigenvalue weighted by molar-refractivity contribution is 0.0681. The first-order chi connectivity index (χ1) is 4.06. The second-order valence-electron chi connectivity index (χ2n) is 3.36. The van der Waals surface area contributed by atoms with Crippen molar-refractivity contribution in [3.05, 3.63) is 0 Å². The van der Waals surface area contributed by atoms with Crippen molar-refractivity contribution >= 4 is 8.07 Å². The van der Waals surface area contributed by atoms with Crippen LogP contribution in [0, 0.1) is 0 Å². The van der Waals surface area contributed by atoms with Gasteiger partial charge in [-0.25, -0.2) is 5.48 Å². The molecule has 56 valence electrons. The first kappa shape index (κ1) is 9.14. The lowest BCUT2D eigenvalue weighted by Crippen LogP contribution is -2.23. The van der Waals surface area contributed by atoms with Crippen LogP contribution in [0.2, 0.25) is 25.7 Å². The van der Waals surface area contributed by atoms with Crippen LogP contribution in [0.4, 0.5) is 0 Å². The first-order valence-corrected chi connectivity index (χ1v) is 7.05. The Bertz CT molecular complexity index is 69.9. The second-order valence-corrected chi connectivity index (χ2v) is 8.98. The molecule has 0 aliphatic carbocycles. The van der Waals surface area contributed by atoms with Gasteiger partial charge in [0, 0.05) is 15.1 Å². The topological polar surface area (TPSA) is 21.3 Å². The highest BCUT2D eigenvalue weighted by Crippen LogP contribution is 2.06. The third-order valence-electron chi connectivity index (χ3n) is 1.10. The fourth-order valence-corrected chi connectivity index (χ4v) is 1.17. The number of hydroxylamine groups is 1. The van der Waals surface area contributed by atoms with E-state index in [1.807, 2.05) is 0 Å². The van der Waals surface area contributed by atoms with Gasteiger partial charge >= 0.3 is 0 Å². The molecule has 9 heavy (non-hydrogen) atoms. The Hall–Kier alpha value is 0.137. The maximum Gasteiger partial charge on any atom is 0.0658 e. The fourth-order valence-electron chi connectivity index (χ4n) is 0.459. The van der Waals surface area contributed by atoms with Gasteiger partial charge in [0.2, 0.25) is 0 Å². The molecule has 0 amide bonds. The van der Waals surface area contributed by atoms with Gasteiger partial charge in [-0.1, -0.05) is 19.6 Å². The Morgan fingerprint density at radius 3 is 2.22 bits per heavy atom. The minimum Gasteiger partial charge on any atom is -0.302 e. The zero-order valence-electron chi connectivity index (χ0n) is 6.82. The summed E-state index contributed by atoms with van der Waals surface area (Å²) in [6, 6.07) is 1.23. The summed E-state index contributed by atoms with van der Waals surface area (Å²) in [5.74, 6) is 0. The summed E-state index contributed by atoms with van der Waals surface area (Å²) < 4.78 is 0. The van der Waals surface area contributed by atoms with E-state index in [-0.39, 0.29) is 0 Å². The largest absolute Gasteiger partial charge is 0.302 e. The van der Waals surface area contributed by atoms with Crippen molar-refractivity contribution in [2.75, 3.05) is 13.7 Å². The van der Waals surface area contributed by atoms with E-state index in [1.54, 1.807) is 7.05 Å². The van der Waals surface area contributed by atoms with E-state index in [4.69, 9.17) is 4.84 Å². The van der Waals surface area contributed by atoms with Crippen LogP contribution in [0.1, 0.15) is 0 Å². The van der Waals surface area contributed by atoms with Crippen LogP contribution in [-0.2, 0) is 4.84 Å². The number of rotatable bonds is 4. The molecule has 1 N–H and O–H groups in total. The molecule has 0 aliphatic heterocycles. The van der Waals surface area contributed by atoms with Crippen molar-refractivity contribution in [2.45, 2.75) is 25.7 Å². The molecule has 0 spiro atoms. The average Bonchev–Trinajstić information content (AvgIpc) is 1.63. The quantitative estimate of drug-likeness (QED) is 0.369. The van der Waals surface area contributed by atoms with E-state index in [0.29, 0.717) is 0 Å². The molecular weight excluding hydrogens is 130 g/mol. The van der Waals surface area contributed by atoms with E-state index >= 15 is 0 Å². The second kappa shape index (κ2) is 4.03. The maximum absolute atomic E-state index is 4.99. The minimum absolute atomic E-state index is 0.853. The molecule has 0 aromatic rings. The normalized spacial score (nSPS) is 12.0. The summed E-state index contributed by atoms with van der Waals surface area (Å²) >= 11 is 0. The lowest BCUT2D eigenvalue weighted by Gasteiger charge is -2.14. The van der Waals surface area contributed by atoms with Crippen molar-refractivity contribution in [1.29, 1.82) is 0 Å². The average molecular weight is 147 g/mol. The summed E-state index contributed by atoms with van der Waals surface area (Å²) in [6.45, 7) is 7.87. The SMILES string of the molecule is CNOCC[Si](C)(C)C. The summed E-state index contributed by atoms with van der Waals surface area (Å²) in [7, 11) is 0.936. The molecule has 0 bridgehead atoms. The van der Waals surface area contributed by atoms with Gasteiger partial charge in [-0.15, -0.1) is 0 Å². The van der Waals surface area contributed by atoms with Gasteiger partial charge in [-0.05, 0) is 6.04 Å². The number of hydrogen-bond donors (Lipinski definition) is 1. The van der Waals surface area contributed by atoms with E-state index in [9.17, 15) is 0 Å². The predicted octanol–water partition coefficient (Wildman–Crippen LogP) is 1.48. The van der Waals surface area contributed by atoms with E-state index < -0.39 is 8.07 Å². The lowest BCUT2D eigenvalue weighted by atomic mass is 10.9. The smallest absolute Gasteiger partial charge is 0.0658 e. The standard InChI is InChI=1S/C6H17NOSi/c1-7-8-5-6-9(2,3)4/h7H,5-6H2,1-4H3. The first-order valence-electron chi connectivity index (χ1n) is 3.35. The molecule has 2 nitrogen and oxygen atoms in total. The van der Waals surface area contributed by atoms with Crippen LogP contribution in [0.25, 0.3) is 0 Å². The van der Waals surface area contributed by atoms with Crippen LogP contribution in [0.5, 0.6) is 0 Å². The molecule has 0 fully saturated rings. The Kier molecular flexibility index (Phi) is 4.09. The molecule has 0 aliphatic rings. The Balaban J connectivity index is 3.07. The van der Waals surface area contributed by atoms with Crippen molar-refractivity contribution in [1.82, 2.24) is 5.48 Å². The van der Waals surface area contributed by atoms with Gasteiger partial charge in [-0.3, -0.25) is 0 Å². The molecule has 0 saturated carbocycles. The van der Waals surface area contributed by atoms with Crippen LogP contribution < -0.4 is 5.48 Å². The molecule has 0 rings (SSSR count). The highest BCUT2D eigenvalue weighted by molar-refractivity contribution is 6.76. The van der Waals surface area contributed by atoms with Crippen LogP contribution in [0.15, 0.2) is 0 Å². The molecule has 0 saturated heterocycles. The van der Waals surface area contributed by atoms with Gasteiger partial charge < -0.3 is 4.84 Å². The molecule has 0 radical (unpaired) electrons. The van der Waals surface area contributed by atoms with Gasteiger partial charge in [-0.2, -0.15) is 0 Å². The highest BCUT2D eigenvalue weighted by Gasteiger charge is 2.11. The Morgan fingerprint density at radius 2 is 1.89 bits per heavy atom. The fraction of sp³-hybridized carbons (Fsp3) is 1.00. The van der Waals surface area contributed by atoms with Gasteiger partial charge in [0.25, 0.3) is 0 Å². The molecule has 0 atom stereocenters. The molecule has 0 aromatic carbocycles. The van der Waals surface area contributed by atoms with Crippen LogP contribution >= 0.6 is 0 Å². The number of hydrogen-bond acceptors (Lipinski definition) is 2. The number of nitrogens with one attached hydrogen (secondary N) is 1. The zero-order chi connectivity index (χ0) is 7.33. The predicted molar refractivity (Wildman–Crippen MR) is 43.2 cm³/mol. The molecule has 0 heterocycles. The molecule has 0 aromatic heterocycles. The van der Waals surface area contributed by atoms with Crippen molar-refractivity contribution in [3.8, 4) is 0 Å². The maximum atomic E-state index is 4.99. The zero-order valence-corrected chi connectivity index (χ0v) is 7.82. The van der Waals surface area contributed by atoms with Crippen molar-refractivity contribution in [2.24, 2.45) is 0 Å². The van der Waals surface area contributed by atoms with Crippen LogP contribution in [-0.4, -0.2) is 21.7 Å². The molecular formula is C6H17NOSi. The Morgan fingerprint density at radius 1 is 1.33 bits per heavy atom. The third kappa shape index (κ3) is 8.14. The Labute approximate surface area is 58.6 Å². The highest BCUT2D eigenvalue weighted by atomic mass is 28.3. The summed E-state index contributed by atoms with van der Waals surface area (Å²) in [5, 5.41) is 0. The van der Waals surface area contributed by atoms with E-state index in [1.165, 1.54) is 6.04 Å². The monoisotopic (exact) mass is 147 g/mol. The van der Waals surface area contributed by atoms with E-state index in [2.05, 4.69) is 25.1 Å². The molecule has 0 unspecified atom stereocenters. The third-order valence-corrected chi connectivity index (χ3v) is 2.80.